The summed E-state index contributed by atoms with van der Waals surface area (Å²) in [4.78, 5) is 15.5. The van der Waals surface area contributed by atoms with Gasteiger partial charge in [0.05, 0.1) is 0 Å². The molecule has 4 saturated carbocycles. The molecular weight excluding hydrogens is 667 g/mol. The van der Waals surface area contributed by atoms with E-state index in [1.165, 1.54) is 65.1 Å². The Hall–Kier alpha value is -5.93. The van der Waals surface area contributed by atoms with Crippen LogP contribution in [0.2, 0.25) is 0 Å². The minimum absolute atomic E-state index is 0.0800. The Morgan fingerprint density at radius 2 is 1.20 bits per heavy atom. The molecule has 0 unspecified atom stereocenters. The molecule has 4 fully saturated rings. The Morgan fingerprint density at radius 1 is 0.564 bits per heavy atom. The number of rotatable bonds is 6. The molecule has 0 N–H and O–H groups in total. The molecule has 0 amide bonds. The number of allylic oxidation sites excluding steroid dienone is 1. The lowest BCUT2D eigenvalue weighted by molar-refractivity contribution is -0.0393. The fourth-order valence-electron chi connectivity index (χ4n) is 11.6. The average molecular weight is 710 g/mol. The summed E-state index contributed by atoms with van der Waals surface area (Å²) < 4.78 is 0. The lowest BCUT2D eigenvalue weighted by Crippen LogP contribution is -2.55. The highest BCUT2D eigenvalue weighted by atomic mass is 15.0. The summed E-state index contributed by atoms with van der Waals surface area (Å²) in [6, 6.07) is 46.4. The van der Waals surface area contributed by atoms with Crippen LogP contribution in [0.25, 0.3) is 79.3 Å². The van der Waals surface area contributed by atoms with Crippen molar-refractivity contribution in [3.8, 4) is 56.4 Å². The van der Waals surface area contributed by atoms with E-state index in [9.17, 15) is 0 Å². The van der Waals surface area contributed by atoms with Crippen molar-refractivity contribution in [1.29, 1.82) is 0 Å². The standard InChI is InChI=1S/C52H43N3/c1-3-11-42-34(4-2)15-10-17-43(42)36-18-20-38(21-19-36)50-53-49(37-13-6-5-7-14-37)54-51(55-50)39-23-25-47-46(31-39)45-24-22-35-12-8-9-16-44(35)48(45)52(47)40-27-32-26-33(29-40)30-41(52)28-32/h3-25,31-33,40-41H,2,26-30H2,1H3/b11-3-. The highest BCUT2D eigenvalue weighted by Gasteiger charge is 2.62. The van der Waals surface area contributed by atoms with Crippen molar-refractivity contribution in [1.82, 2.24) is 15.0 Å². The van der Waals surface area contributed by atoms with E-state index in [0.717, 1.165) is 39.7 Å². The molecule has 3 nitrogen and oxygen atoms in total. The van der Waals surface area contributed by atoms with Gasteiger partial charge < -0.3 is 0 Å². The van der Waals surface area contributed by atoms with E-state index in [1.807, 2.05) is 24.3 Å². The van der Waals surface area contributed by atoms with Gasteiger partial charge in [0, 0.05) is 22.1 Å². The van der Waals surface area contributed by atoms with Crippen LogP contribution < -0.4 is 0 Å². The van der Waals surface area contributed by atoms with Gasteiger partial charge in [-0.25, -0.2) is 15.0 Å². The molecule has 55 heavy (non-hydrogen) atoms. The second-order valence-corrected chi connectivity index (χ2v) is 16.4. The van der Waals surface area contributed by atoms with Crippen LogP contribution in [0.1, 0.15) is 61.3 Å². The van der Waals surface area contributed by atoms with E-state index >= 15 is 0 Å². The Morgan fingerprint density at radius 3 is 1.91 bits per heavy atom. The van der Waals surface area contributed by atoms with E-state index in [1.54, 1.807) is 11.1 Å². The molecule has 0 saturated heterocycles. The van der Waals surface area contributed by atoms with Crippen LogP contribution in [-0.4, -0.2) is 15.0 Å². The first-order chi connectivity index (χ1) is 27.1. The first-order valence-electron chi connectivity index (χ1n) is 20.1. The molecule has 1 heterocycles. The fourth-order valence-corrected chi connectivity index (χ4v) is 11.6. The zero-order valence-electron chi connectivity index (χ0n) is 31.3. The third kappa shape index (κ3) is 4.92. The number of nitrogens with zero attached hydrogens (tertiary/aromatic N) is 3. The van der Waals surface area contributed by atoms with E-state index in [2.05, 4.69) is 135 Å². The maximum atomic E-state index is 5.24. The molecule has 7 aromatic rings. The molecule has 0 aliphatic heterocycles. The molecule has 266 valence electrons. The van der Waals surface area contributed by atoms with Crippen molar-refractivity contribution in [2.75, 3.05) is 0 Å². The van der Waals surface area contributed by atoms with Crippen LogP contribution in [-0.2, 0) is 5.41 Å². The van der Waals surface area contributed by atoms with Crippen LogP contribution in [0.3, 0.4) is 0 Å². The zero-order chi connectivity index (χ0) is 36.7. The summed E-state index contributed by atoms with van der Waals surface area (Å²) in [5.74, 6) is 5.26. The minimum Gasteiger partial charge on any atom is -0.208 e. The number of aromatic nitrogens is 3. The maximum absolute atomic E-state index is 5.24. The number of hydrogen-bond acceptors (Lipinski definition) is 3. The van der Waals surface area contributed by atoms with Crippen molar-refractivity contribution in [3.05, 3.63) is 162 Å². The van der Waals surface area contributed by atoms with Gasteiger partial charge in [-0.05, 0) is 124 Å². The van der Waals surface area contributed by atoms with Crippen molar-refractivity contribution in [3.63, 3.8) is 0 Å². The SMILES string of the molecule is C=Cc1cccc(-c2ccc(-c3nc(-c4ccccc4)nc(-c4ccc5c(c4)-c4ccc6ccccc6c4C54C5CC6CC(C5)CC4C6)n3)cc2)c1/C=C\C. The van der Waals surface area contributed by atoms with Gasteiger partial charge in [-0.1, -0.05) is 146 Å². The number of benzene rings is 6. The topological polar surface area (TPSA) is 38.7 Å². The normalized spacial score (nSPS) is 23.1. The molecule has 6 aromatic carbocycles. The lowest BCUT2D eigenvalue weighted by Gasteiger charge is -2.61. The molecule has 5 aliphatic rings. The van der Waals surface area contributed by atoms with Crippen LogP contribution in [0, 0.1) is 23.7 Å². The van der Waals surface area contributed by atoms with Gasteiger partial charge in [0.15, 0.2) is 17.5 Å². The first-order valence-corrected chi connectivity index (χ1v) is 20.1. The van der Waals surface area contributed by atoms with Gasteiger partial charge in [0.1, 0.15) is 0 Å². The summed E-state index contributed by atoms with van der Waals surface area (Å²) in [6.45, 7) is 6.11. The average Bonchev–Trinajstić information content (AvgIpc) is 3.53. The van der Waals surface area contributed by atoms with Crippen molar-refractivity contribution < 1.29 is 0 Å². The van der Waals surface area contributed by atoms with Crippen LogP contribution in [0.5, 0.6) is 0 Å². The van der Waals surface area contributed by atoms with Crippen molar-refractivity contribution in [2.45, 2.75) is 44.4 Å². The van der Waals surface area contributed by atoms with Crippen LogP contribution >= 0.6 is 0 Å². The van der Waals surface area contributed by atoms with Gasteiger partial charge in [-0.15, -0.1) is 0 Å². The van der Waals surface area contributed by atoms with Gasteiger partial charge >= 0.3 is 0 Å². The van der Waals surface area contributed by atoms with Crippen LogP contribution in [0.4, 0.5) is 0 Å². The van der Waals surface area contributed by atoms with E-state index < -0.39 is 0 Å². The molecule has 4 bridgehead atoms. The zero-order valence-corrected chi connectivity index (χ0v) is 31.3. The summed E-state index contributed by atoms with van der Waals surface area (Å²) in [5.41, 5.74) is 13.6. The molecule has 1 spiro atoms. The predicted molar refractivity (Wildman–Crippen MR) is 227 cm³/mol. The molecular formula is C52H43N3. The molecule has 0 atom stereocenters. The summed E-state index contributed by atoms with van der Waals surface area (Å²) in [5, 5.41) is 2.80. The molecule has 3 heteroatoms. The summed E-state index contributed by atoms with van der Waals surface area (Å²) in [7, 11) is 0. The third-order valence-corrected chi connectivity index (χ3v) is 13.6. The largest absolute Gasteiger partial charge is 0.208 e. The summed E-state index contributed by atoms with van der Waals surface area (Å²) >= 11 is 0. The Balaban J connectivity index is 1.06. The number of hydrogen-bond donors (Lipinski definition) is 0. The molecule has 0 radical (unpaired) electrons. The maximum Gasteiger partial charge on any atom is 0.164 e. The second kappa shape index (κ2) is 12.6. The quantitative estimate of drug-likeness (QED) is 0.173. The van der Waals surface area contributed by atoms with Gasteiger partial charge in [-0.2, -0.15) is 0 Å². The Bertz CT molecular complexity index is 2660. The highest BCUT2D eigenvalue weighted by Crippen LogP contribution is 2.70. The highest BCUT2D eigenvalue weighted by molar-refractivity contribution is 5.98. The Labute approximate surface area is 323 Å². The fraction of sp³-hybridized carbons (Fsp3) is 0.212. The first kappa shape index (κ1) is 32.5. The summed E-state index contributed by atoms with van der Waals surface area (Å²) in [6.07, 6.45) is 13.1. The van der Waals surface area contributed by atoms with Crippen molar-refractivity contribution in [2.24, 2.45) is 23.7 Å². The lowest BCUT2D eigenvalue weighted by atomic mass is 9.43. The van der Waals surface area contributed by atoms with Gasteiger partial charge in [0.25, 0.3) is 0 Å². The smallest absolute Gasteiger partial charge is 0.164 e. The van der Waals surface area contributed by atoms with Crippen molar-refractivity contribution >= 4 is 22.9 Å². The van der Waals surface area contributed by atoms with Gasteiger partial charge in [-0.3, -0.25) is 0 Å². The monoisotopic (exact) mass is 709 g/mol. The molecule has 12 rings (SSSR count). The van der Waals surface area contributed by atoms with E-state index in [4.69, 9.17) is 15.0 Å². The molecule has 5 aliphatic carbocycles. The van der Waals surface area contributed by atoms with E-state index in [-0.39, 0.29) is 5.41 Å². The molecule has 1 aromatic heterocycles. The van der Waals surface area contributed by atoms with Gasteiger partial charge in [0.2, 0.25) is 0 Å². The predicted octanol–water partition coefficient (Wildman–Crippen LogP) is 13.1. The van der Waals surface area contributed by atoms with Crippen LogP contribution in [0.15, 0.2) is 140 Å². The third-order valence-electron chi connectivity index (χ3n) is 13.6. The second-order valence-electron chi connectivity index (χ2n) is 16.4. The number of fused-ring (bicyclic) bond motifs is 5. The minimum atomic E-state index is 0.0800. The Kier molecular flexibility index (Phi) is 7.42. The van der Waals surface area contributed by atoms with E-state index in [0.29, 0.717) is 29.3 Å².